The highest BCUT2D eigenvalue weighted by Crippen LogP contribution is 2.11. The van der Waals surface area contributed by atoms with Gasteiger partial charge in [-0.3, -0.25) is 4.68 Å². The highest BCUT2D eigenvalue weighted by atomic mass is 19.1. The molecule has 0 fully saturated rings. The van der Waals surface area contributed by atoms with E-state index in [4.69, 9.17) is 0 Å². The third-order valence-electron chi connectivity index (χ3n) is 2.44. The molecule has 1 aromatic heterocycles. The molecule has 0 spiro atoms. The summed E-state index contributed by atoms with van der Waals surface area (Å²) in [5.41, 5.74) is 2.53. The van der Waals surface area contributed by atoms with Crippen molar-refractivity contribution in [2.45, 2.75) is 13.5 Å². The lowest BCUT2D eigenvalue weighted by Crippen LogP contribution is -1.99. The molecule has 2 aromatic rings. The number of rotatable bonds is 3. The number of aryl methyl sites for hydroxylation is 2. The molecule has 84 valence electrons. The minimum Gasteiger partial charge on any atom is -0.378 e. The fourth-order valence-electron chi connectivity index (χ4n) is 1.46. The predicted molar refractivity (Wildman–Crippen MR) is 61.7 cm³/mol. The van der Waals surface area contributed by atoms with Crippen molar-refractivity contribution in [2.75, 3.05) is 5.32 Å². The van der Waals surface area contributed by atoms with Gasteiger partial charge in [-0.1, -0.05) is 12.1 Å². The summed E-state index contributed by atoms with van der Waals surface area (Å²) in [5, 5.41) is 7.22. The molecule has 0 aliphatic heterocycles. The number of aromatic nitrogens is 2. The molecule has 1 N–H and O–H groups in total. The normalized spacial score (nSPS) is 10.4. The van der Waals surface area contributed by atoms with E-state index >= 15 is 0 Å². The van der Waals surface area contributed by atoms with Crippen LogP contribution in [0.3, 0.4) is 0 Å². The van der Waals surface area contributed by atoms with Gasteiger partial charge in [-0.2, -0.15) is 5.10 Å². The van der Waals surface area contributed by atoms with Gasteiger partial charge in [-0.15, -0.1) is 0 Å². The molecular weight excluding hydrogens is 205 g/mol. The zero-order valence-electron chi connectivity index (χ0n) is 9.37. The summed E-state index contributed by atoms with van der Waals surface area (Å²) >= 11 is 0. The number of nitrogens with zero attached hydrogens (tertiary/aromatic N) is 2. The van der Waals surface area contributed by atoms with Gasteiger partial charge < -0.3 is 5.32 Å². The minimum atomic E-state index is -0.162. The number of anilines is 1. The molecule has 16 heavy (non-hydrogen) atoms. The first-order valence-electron chi connectivity index (χ1n) is 5.13. The van der Waals surface area contributed by atoms with Crippen LogP contribution in [-0.4, -0.2) is 9.78 Å². The average Bonchev–Trinajstić information content (AvgIpc) is 2.66. The number of nitrogens with one attached hydrogen (secondary N) is 1. The Kier molecular flexibility index (Phi) is 2.90. The molecule has 4 heteroatoms. The van der Waals surface area contributed by atoms with Crippen molar-refractivity contribution in [1.29, 1.82) is 0 Å². The highest BCUT2D eigenvalue weighted by Gasteiger charge is 2.00. The highest BCUT2D eigenvalue weighted by molar-refractivity contribution is 5.39. The second-order valence-corrected chi connectivity index (χ2v) is 3.84. The molecule has 0 aliphatic rings. The molecule has 0 amide bonds. The van der Waals surface area contributed by atoms with Crippen LogP contribution in [0.4, 0.5) is 10.1 Å². The quantitative estimate of drug-likeness (QED) is 0.859. The van der Waals surface area contributed by atoms with E-state index in [0.717, 1.165) is 11.3 Å². The van der Waals surface area contributed by atoms with Crippen LogP contribution < -0.4 is 5.32 Å². The Morgan fingerprint density at radius 2 is 2.25 bits per heavy atom. The summed E-state index contributed by atoms with van der Waals surface area (Å²) in [6.07, 6.45) is 3.62. The minimum absolute atomic E-state index is 0.162. The smallest absolute Gasteiger partial charge is 0.126 e. The van der Waals surface area contributed by atoms with E-state index in [1.54, 1.807) is 29.9 Å². The Labute approximate surface area is 93.9 Å². The lowest BCUT2D eigenvalue weighted by atomic mass is 10.1. The lowest BCUT2D eigenvalue weighted by molar-refractivity contribution is 0.616. The van der Waals surface area contributed by atoms with E-state index in [-0.39, 0.29) is 5.82 Å². The van der Waals surface area contributed by atoms with E-state index in [2.05, 4.69) is 10.4 Å². The Balaban J connectivity index is 2.02. The van der Waals surface area contributed by atoms with Crippen molar-refractivity contribution in [3.63, 3.8) is 0 Å². The Morgan fingerprint density at radius 1 is 1.44 bits per heavy atom. The first-order chi connectivity index (χ1) is 7.65. The van der Waals surface area contributed by atoms with Gasteiger partial charge in [0.15, 0.2) is 0 Å². The molecular formula is C12H14FN3. The van der Waals surface area contributed by atoms with Crippen LogP contribution in [0.15, 0.2) is 30.6 Å². The van der Waals surface area contributed by atoms with Crippen molar-refractivity contribution in [3.05, 3.63) is 47.5 Å². The second kappa shape index (κ2) is 4.35. The fourth-order valence-corrected chi connectivity index (χ4v) is 1.46. The molecule has 1 heterocycles. The number of hydrogen-bond donors (Lipinski definition) is 1. The molecule has 0 saturated heterocycles. The van der Waals surface area contributed by atoms with Crippen molar-refractivity contribution in [3.8, 4) is 0 Å². The van der Waals surface area contributed by atoms with Crippen molar-refractivity contribution in [2.24, 2.45) is 7.05 Å². The fraction of sp³-hybridized carbons (Fsp3) is 0.250. The van der Waals surface area contributed by atoms with Crippen LogP contribution in [0.2, 0.25) is 0 Å². The predicted octanol–water partition coefficient (Wildman–Crippen LogP) is 2.48. The standard InChI is InChI=1S/C12H14FN3/c1-9-3-4-10(5-12(9)13)6-14-11-7-15-16(2)8-11/h3-5,7-8,14H,6H2,1-2H3. The van der Waals surface area contributed by atoms with Crippen LogP contribution in [0.5, 0.6) is 0 Å². The third kappa shape index (κ3) is 2.39. The number of halogens is 1. The zero-order chi connectivity index (χ0) is 11.5. The van der Waals surface area contributed by atoms with Gasteiger partial charge in [0.05, 0.1) is 11.9 Å². The van der Waals surface area contributed by atoms with E-state index in [0.29, 0.717) is 12.1 Å². The summed E-state index contributed by atoms with van der Waals surface area (Å²) in [6, 6.07) is 5.26. The zero-order valence-corrected chi connectivity index (χ0v) is 9.37. The van der Waals surface area contributed by atoms with E-state index in [1.807, 2.05) is 19.3 Å². The maximum Gasteiger partial charge on any atom is 0.126 e. The molecule has 0 unspecified atom stereocenters. The van der Waals surface area contributed by atoms with Gasteiger partial charge >= 0.3 is 0 Å². The summed E-state index contributed by atoms with van der Waals surface area (Å²) in [4.78, 5) is 0. The average molecular weight is 219 g/mol. The SMILES string of the molecule is Cc1ccc(CNc2cnn(C)c2)cc1F. The molecule has 0 aliphatic carbocycles. The molecule has 0 saturated carbocycles. The van der Waals surface area contributed by atoms with Crippen LogP contribution in [-0.2, 0) is 13.6 Å². The van der Waals surface area contributed by atoms with Gasteiger partial charge in [0.2, 0.25) is 0 Å². The molecule has 0 bridgehead atoms. The molecule has 0 radical (unpaired) electrons. The summed E-state index contributed by atoms with van der Waals surface area (Å²) < 4.78 is 15.0. The van der Waals surface area contributed by atoms with Crippen LogP contribution in [0, 0.1) is 12.7 Å². The number of hydrogen-bond acceptors (Lipinski definition) is 2. The van der Waals surface area contributed by atoms with E-state index < -0.39 is 0 Å². The Bertz CT molecular complexity index is 491. The van der Waals surface area contributed by atoms with Crippen LogP contribution in [0.25, 0.3) is 0 Å². The molecule has 3 nitrogen and oxygen atoms in total. The summed E-state index contributed by atoms with van der Waals surface area (Å²) in [6.45, 7) is 2.36. The van der Waals surface area contributed by atoms with Crippen LogP contribution in [0.1, 0.15) is 11.1 Å². The topological polar surface area (TPSA) is 29.9 Å². The van der Waals surface area contributed by atoms with Crippen molar-refractivity contribution >= 4 is 5.69 Å². The van der Waals surface area contributed by atoms with Gasteiger partial charge in [0.1, 0.15) is 5.82 Å². The van der Waals surface area contributed by atoms with Crippen molar-refractivity contribution in [1.82, 2.24) is 9.78 Å². The maximum absolute atomic E-state index is 13.3. The summed E-state index contributed by atoms with van der Waals surface area (Å²) in [5.74, 6) is -0.162. The molecule has 1 aromatic carbocycles. The lowest BCUT2D eigenvalue weighted by Gasteiger charge is -2.04. The van der Waals surface area contributed by atoms with Crippen molar-refractivity contribution < 1.29 is 4.39 Å². The third-order valence-corrected chi connectivity index (χ3v) is 2.44. The summed E-state index contributed by atoms with van der Waals surface area (Å²) in [7, 11) is 1.86. The monoisotopic (exact) mass is 219 g/mol. The Hall–Kier alpha value is -1.84. The first kappa shape index (κ1) is 10.7. The second-order valence-electron chi connectivity index (χ2n) is 3.84. The Morgan fingerprint density at radius 3 is 2.88 bits per heavy atom. The first-order valence-corrected chi connectivity index (χ1v) is 5.13. The van der Waals surface area contributed by atoms with Gasteiger partial charge in [-0.25, -0.2) is 4.39 Å². The van der Waals surface area contributed by atoms with Crippen LogP contribution >= 0.6 is 0 Å². The maximum atomic E-state index is 13.3. The van der Waals surface area contributed by atoms with E-state index in [1.165, 1.54) is 0 Å². The number of benzene rings is 1. The van der Waals surface area contributed by atoms with Gasteiger partial charge in [0, 0.05) is 19.8 Å². The molecule has 0 atom stereocenters. The van der Waals surface area contributed by atoms with E-state index in [9.17, 15) is 4.39 Å². The van der Waals surface area contributed by atoms with Gasteiger partial charge in [-0.05, 0) is 24.1 Å². The largest absolute Gasteiger partial charge is 0.378 e. The molecule has 2 rings (SSSR count). The van der Waals surface area contributed by atoms with Gasteiger partial charge in [0.25, 0.3) is 0 Å².